The summed E-state index contributed by atoms with van der Waals surface area (Å²) < 4.78 is 0. The van der Waals surface area contributed by atoms with E-state index in [9.17, 15) is 4.79 Å². The highest BCUT2D eigenvalue weighted by Crippen LogP contribution is 2.11. The fraction of sp³-hybridized carbons (Fsp3) is 0.500. The lowest BCUT2D eigenvalue weighted by atomic mass is 10.2. The summed E-state index contributed by atoms with van der Waals surface area (Å²) in [7, 11) is 0. The Morgan fingerprint density at radius 2 is 2.05 bits per heavy atom. The topological polar surface area (TPSA) is 61.4 Å². The average molecular weight is 273 g/mol. The van der Waals surface area contributed by atoms with Crippen LogP contribution in [0.3, 0.4) is 0 Å². The number of carbonyl (C=O) groups excluding carboxylic acids is 1. The summed E-state index contributed by atoms with van der Waals surface area (Å²) in [5.41, 5.74) is 0. The molecule has 0 saturated carbocycles. The molecule has 2 aliphatic heterocycles. The lowest BCUT2D eigenvalue weighted by Crippen LogP contribution is -2.45. The zero-order valence-electron chi connectivity index (χ0n) is 11.4. The molecule has 1 atom stereocenters. The summed E-state index contributed by atoms with van der Waals surface area (Å²) in [4.78, 5) is 25.0. The van der Waals surface area contributed by atoms with Gasteiger partial charge in [-0.15, -0.1) is 0 Å². The average Bonchev–Trinajstić information content (AvgIpc) is 2.92. The molecule has 3 heterocycles. The molecule has 0 bridgehead atoms. The second-order valence-corrected chi connectivity index (χ2v) is 5.03. The van der Waals surface area contributed by atoms with E-state index < -0.39 is 0 Å². The van der Waals surface area contributed by atoms with Gasteiger partial charge in [0, 0.05) is 45.1 Å². The molecule has 0 aliphatic carbocycles. The first kappa shape index (κ1) is 13.1. The van der Waals surface area contributed by atoms with Crippen LogP contribution in [0.15, 0.2) is 30.6 Å². The van der Waals surface area contributed by atoms with Crippen molar-refractivity contribution in [1.82, 2.24) is 20.2 Å². The van der Waals surface area contributed by atoms with Crippen LogP contribution in [0.5, 0.6) is 0 Å². The Bertz CT molecular complexity index is 490. The van der Waals surface area contributed by atoms with Crippen molar-refractivity contribution in [3.63, 3.8) is 0 Å². The van der Waals surface area contributed by atoms with Gasteiger partial charge in [0.15, 0.2) is 0 Å². The van der Waals surface area contributed by atoms with Gasteiger partial charge in [-0.1, -0.05) is 12.2 Å². The second-order valence-electron chi connectivity index (χ2n) is 5.03. The molecular weight excluding hydrogens is 254 g/mol. The quantitative estimate of drug-likeness (QED) is 0.771. The van der Waals surface area contributed by atoms with Gasteiger partial charge in [-0.3, -0.25) is 10.1 Å². The van der Waals surface area contributed by atoms with Gasteiger partial charge in [0.25, 0.3) is 0 Å². The molecule has 106 valence electrons. The Labute approximate surface area is 118 Å². The summed E-state index contributed by atoms with van der Waals surface area (Å²) in [6.07, 6.45) is 8.41. The first-order valence-corrected chi connectivity index (χ1v) is 7.05. The molecule has 3 rings (SSSR count). The molecular formula is C14H19N5O. The number of carbonyl (C=O) groups is 1. The maximum Gasteiger partial charge on any atom is 0.243 e. The predicted octanol–water partition coefficient (Wildman–Crippen LogP) is 0.0433. The van der Waals surface area contributed by atoms with Crippen molar-refractivity contribution in [1.29, 1.82) is 0 Å². The Morgan fingerprint density at radius 3 is 2.80 bits per heavy atom. The van der Waals surface area contributed by atoms with Crippen molar-refractivity contribution in [2.75, 3.05) is 37.6 Å². The van der Waals surface area contributed by atoms with Gasteiger partial charge >= 0.3 is 0 Å². The van der Waals surface area contributed by atoms with Crippen LogP contribution in [0.1, 0.15) is 6.42 Å². The molecule has 6 heteroatoms. The van der Waals surface area contributed by atoms with Crippen molar-refractivity contribution in [2.45, 2.75) is 12.5 Å². The number of hydrogen-bond acceptors (Lipinski definition) is 5. The summed E-state index contributed by atoms with van der Waals surface area (Å²) in [5.74, 6) is 0.926. The first-order valence-electron chi connectivity index (χ1n) is 7.05. The molecule has 20 heavy (non-hydrogen) atoms. The molecule has 1 unspecified atom stereocenters. The van der Waals surface area contributed by atoms with E-state index in [1.807, 2.05) is 23.1 Å². The lowest BCUT2D eigenvalue weighted by molar-refractivity contribution is -0.131. The molecule has 1 aromatic rings. The van der Waals surface area contributed by atoms with Gasteiger partial charge in [-0.2, -0.15) is 0 Å². The van der Waals surface area contributed by atoms with Crippen LogP contribution in [0, 0.1) is 0 Å². The monoisotopic (exact) mass is 273 g/mol. The van der Waals surface area contributed by atoms with Crippen LogP contribution in [0.25, 0.3) is 0 Å². The standard InChI is InChI=1S/C14H19N5O/c20-13(12-4-1-5-15-12)18-8-3-9-19(11-10-18)14-16-6-2-7-17-14/h1-2,4,6-7,12,15H,3,5,8-11H2. The van der Waals surface area contributed by atoms with E-state index in [0.29, 0.717) is 0 Å². The number of anilines is 1. The number of rotatable bonds is 2. The third-order valence-corrected chi connectivity index (χ3v) is 3.69. The summed E-state index contributed by atoms with van der Waals surface area (Å²) in [6.45, 7) is 3.99. The number of nitrogens with zero attached hydrogens (tertiary/aromatic N) is 4. The van der Waals surface area contributed by atoms with E-state index in [2.05, 4.69) is 20.2 Å². The van der Waals surface area contributed by atoms with Crippen LogP contribution in [0.4, 0.5) is 5.95 Å². The Morgan fingerprint density at radius 1 is 1.20 bits per heavy atom. The zero-order valence-corrected chi connectivity index (χ0v) is 11.4. The van der Waals surface area contributed by atoms with Crippen molar-refractivity contribution >= 4 is 11.9 Å². The first-order chi connectivity index (χ1) is 9.84. The van der Waals surface area contributed by atoms with E-state index in [0.717, 1.165) is 45.1 Å². The Hall–Kier alpha value is -1.95. The SMILES string of the molecule is O=C(C1C=CCN1)N1CCCN(c2ncccn2)CC1. The number of aromatic nitrogens is 2. The van der Waals surface area contributed by atoms with Crippen LogP contribution in [0.2, 0.25) is 0 Å². The third-order valence-electron chi connectivity index (χ3n) is 3.69. The Balaban J connectivity index is 1.62. The van der Waals surface area contributed by atoms with Crippen LogP contribution in [-0.4, -0.2) is 59.5 Å². The van der Waals surface area contributed by atoms with Crippen molar-refractivity contribution < 1.29 is 4.79 Å². The highest BCUT2D eigenvalue weighted by Gasteiger charge is 2.26. The fourth-order valence-electron chi connectivity index (χ4n) is 2.63. The summed E-state index contributed by atoms with van der Waals surface area (Å²) in [6, 6.07) is 1.67. The molecule has 0 spiro atoms. The molecule has 1 aromatic heterocycles. The highest BCUT2D eigenvalue weighted by atomic mass is 16.2. The third kappa shape index (κ3) is 2.80. The highest BCUT2D eigenvalue weighted by molar-refractivity contribution is 5.84. The van der Waals surface area contributed by atoms with E-state index in [-0.39, 0.29) is 11.9 Å². The maximum atomic E-state index is 12.4. The van der Waals surface area contributed by atoms with Crippen LogP contribution >= 0.6 is 0 Å². The molecule has 1 amide bonds. The molecule has 0 aromatic carbocycles. The van der Waals surface area contributed by atoms with Crippen LogP contribution in [-0.2, 0) is 4.79 Å². The van der Waals surface area contributed by atoms with E-state index in [1.54, 1.807) is 12.4 Å². The van der Waals surface area contributed by atoms with Crippen molar-refractivity contribution in [2.24, 2.45) is 0 Å². The Kier molecular flexibility index (Phi) is 3.92. The van der Waals surface area contributed by atoms with Gasteiger partial charge in [-0.25, -0.2) is 9.97 Å². The van der Waals surface area contributed by atoms with Gasteiger partial charge in [0.05, 0.1) is 0 Å². The number of amides is 1. The fourth-order valence-corrected chi connectivity index (χ4v) is 2.63. The molecule has 6 nitrogen and oxygen atoms in total. The van der Waals surface area contributed by atoms with Crippen LogP contribution < -0.4 is 10.2 Å². The molecule has 2 aliphatic rings. The summed E-state index contributed by atoms with van der Waals surface area (Å²) >= 11 is 0. The zero-order chi connectivity index (χ0) is 13.8. The van der Waals surface area contributed by atoms with Crippen molar-refractivity contribution in [3.05, 3.63) is 30.6 Å². The van der Waals surface area contributed by atoms with Gasteiger partial charge in [0.1, 0.15) is 6.04 Å². The summed E-state index contributed by atoms with van der Waals surface area (Å²) in [5, 5.41) is 3.18. The van der Waals surface area contributed by atoms with Crippen molar-refractivity contribution in [3.8, 4) is 0 Å². The van der Waals surface area contributed by atoms with Gasteiger partial charge in [-0.05, 0) is 12.5 Å². The molecule has 0 radical (unpaired) electrons. The lowest BCUT2D eigenvalue weighted by Gasteiger charge is -2.24. The van der Waals surface area contributed by atoms with Gasteiger partial charge in [0.2, 0.25) is 11.9 Å². The molecule has 1 saturated heterocycles. The van der Waals surface area contributed by atoms with E-state index >= 15 is 0 Å². The minimum absolute atomic E-state index is 0.144. The minimum Gasteiger partial charge on any atom is -0.339 e. The van der Waals surface area contributed by atoms with E-state index in [1.165, 1.54) is 0 Å². The second kappa shape index (κ2) is 6.00. The number of nitrogens with one attached hydrogen (secondary N) is 1. The molecule has 1 N–H and O–H groups in total. The number of hydrogen-bond donors (Lipinski definition) is 1. The largest absolute Gasteiger partial charge is 0.339 e. The maximum absolute atomic E-state index is 12.4. The minimum atomic E-state index is -0.144. The van der Waals surface area contributed by atoms with Gasteiger partial charge < -0.3 is 9.80 Å². The smallest absolute Gasteiger partial charge is 0.243 e. The normalized spacial score (nSPS) is 22.9. The molecule has 1 fully saturated rings. The predicted molar refractivity (Wildman–Crippen MR) is 76.4 cm³/mol. The van der Waals surface area contributed by atoms with E-state index in [4.69, 9.17) is 0 Å².